The van der Waals surface area contributed by atoms with Gasteiger partial charge in [0.2, 0.25) is 0 Å². The molecule has 2 aromatic carbocycles. The molecule has 0 aliphatic carbocycles. The third kappa shape index (κ3) is 2.64. The molecule has 0 saturated heterocycles. The molecule has 1 nitrogen and oxygen atoms in total. The van der Waals surface area contributed by atoms with E-state index in [4.69, 9.17) is 19.4 Å². The largest absolute Gasteiger partial charge is 0.236 e. The fourth-order valence-electron chi connectivity index (χ4n) is 2.15. The van der Waals surface area contributed by atoms with Crippen molar-refractivity contribution in [3.8, 4) is 0 Å². The van der Waals surface area contributed by atoms with E-state index in [0.29, 0.717) is 5.15 Å². The van der Waals surface area contributed by atoms with Gasteiger partial charge in [-0.25, -0.2) is 4.98 Å². The van der Waals surface area contributed by atoms with Crippen LogP contribution in [0.3, 0.4) is 0 Å². The SMILES string of the molecule is [B]c1ccc2nc(Cl)c(Cc3ccccc3)cc2c1. The molecule has 3 aromatic rings. The number of rotatable bonds is 2. The van der Waals surface area contributed by atoms with Crippen LogP contribution in [0.25, 0.3) is 10.9 Å². The Morgan fingerprint density at radius 3 is 2.58 bits per heavy atom. The molecule has 1 heterocycles. The topological polar surface area (TPSA) is 12.9 Å². The number of fused-ring (bicyclic) bond motifs is 1. The van der Waals surface area contributed by atoms with E-state index in [1.54, 1.807) is 0 Å². The lowest BCUT2D eigenvalue weighted by Crippen LogP contribution is -2.01. The lowest BCUT2D eigenvalue weighted by Gasteiger charge is -2.07. The van der Waals surface area contributed by atoms with Crippen LogP contribution in [0.5, 0.6) is 0 Å². The zero-order chi connectivity index (χ0) is 13.2. The predicted octanol–water partition coefficient (Wildman–Crippen LogP) is 3.27. The van der Waals surface area contributed by atoms with Gasteiger partial charge in [0, 0.05) is 6.42 Å². The van der Waals surface area contributed by atoms with Crippen LogP contribution in [-0.2, 0) is 6.42 Å². The van der Waals surface area contributed by atoms with E-state index in [0.717, 1.165) is 28.4 Å². The Morgan fingerprint density at radius 2 is 1.79 bits per heavy atom. The monoisotopic (exact) mass is 263 g/mol. The first kappa shape index (κ1) is 12.2. The minimum Gasteiger partial charge on any atom is -0.236 e. The summed E-state index contributed by atoms with van der Waals surface area (Å²) in [7, 11) is 5.80. The summed E-state index contributed by atoms with van der Waals surface area (Å²) in [5.74, 6) is 0. The summed E-state index contributed by atoms with van der Waals surface area (Å²) < 4.78 is 0. The molecule has 1 aromatic heterocycles. The highest BCUT2D eigenvalue weighted by atomic mass is 35.5. The summed E-state index contributed by atoms with van der Waals surface area (Å²) >= 11 is 6.25. The molecule has 0 saturated carbocycles. The Labute approximate surface area is 118 Å². The summed E-state index contributed by atoms with van der Waals surface area (Å²) in [5.41, 5.74) is 3.85. The highest BCUT2D eigenvalue weighted by Crippen LogP contribution is 2.22. The smallest absolute Gasteiger partial charge is 0.133 e. The molecule has 0 aliphatic heterocycles. The van der Waals surface area contributed by atoms with Crippen molar-refractivity contribution in [3.63, 3.8) is 0 Å². The van der Waals surface area contributed by atoms with Crippen LogP contribution in [0, 0.1) is 0 Å². The molecule has 0 bridgehead atoms. The van der Waals surface area contributed by atoms with Gasteiger partial charge in [-0.3, -0.25) is 0 Å². The standard InChI is InChI=1S/C16H11BClN/c17-14-6-7-15-12(10-14)9-13(16(18)19-15)8-11-4-2-1-3-5-11/h1-7,9-10H,8H2. The van der Waals surface area contributed by atoms with Gasteiger partial charge >= 0.3 is 0 Å². The lowest BCUT2D eigenvalue weighted by molar-refractivity contribution is 1.17. The van der Waals surface area contributed by atoms with Crippen LogP contribution < -0.4 is 5.46 Å². The van der Waals surface area contributed by atoms with Gasteiger partial charge in [0.1, 0.15) is 13.0 Å². The average molecular weight is 264 g/mol. The Bertz CT molecular complexity index is 725. The maximum Gasteiger partial charge on any atom is 0.133 e. The number of hydrogen-bond acceptors (Lipinski definition) is 1. The Kier molecular flexibility index (Phi) is 3.26. The minimum absolute atomic E-state index is 0.557. The van der Waals surface area contributed by atoms with Crippen molar-refractivity contribution in [1.82, 2.24) is 4.98 Å². The van der Waals surface area contributed by atoms with Crippen LogP contribution in [-0.4, -0.2) is 12.8 Å². The van der Waals surface area contributed by atoms with Crippen LogP contribution >= 0.6 is 11.6 Å². The van der Waals surface area contributed by atoms with E-state index >= 15 is 0 Å². The van der Waals surface area contributed by atoms with Crippen molar-refractivity contribution in [2.24, 2.45) is 0 Å². The Morgan fingerprint density at radius 1 is 1.00 bits per heavy atom. The van der Waals surface area contributed by atoms with Crippen molar-refractivity contribution in [3.05, 3.63) is 70.9 Å². The van der Waals surface area contributed by atoms with E-state index in [-0.39, 0.29) is 0 Å². The average Bonchev–Trinajstić information content (AvgIpc) is 2.41. The molecule has 0 N–H and O–H groups in total. The second-order valence-corrected chi connectivity index (χ2v) is 4.91. The third-order valence-corrected chi connectivity index (χ3v) is 3.43. The maximum atomic E-state index is 6.25. The Balaban J connectivity index is 2.06. The van der Waals surface area contributed by atoms with Gasteiger partial charge < -0.3 is 0 Å². The van der Waals surface area contributed by atoms with E-state index in [2.05, 4.69) is 23.2 Å². The summed E-state index contributed by atoms with van der Waals surface area (Å²) in [6.07, 6.45) is 0.775. The lowest BCUT2D eigenvalue weighted by atomic mass is 9.94. The highest BCUT2D eigenvalue weighted by Gasteiger charge is 2.06. The molecule has 0 fully saturated rings. The van der Waals surface area contributed by atoms with Gasteiger partial charge in [-0.05, 0) is 28.6 Å². The molecular formula is C16H11BClN. The van der Waals surface area contributed by atoms with Gasteiger partial charge in [-0.2, -0.15) is 0 Å². The minimum atomic E-state index is 0.557. The van der Waals surface area contributed by atoms with Crippen LogP contribution in [0.4, 0.5) is 0 Å². The zero-order valence-corrected chi connectivity index (χ0v) is 11.1. The van der Waals surface area contributed by atoms with Crippen LogP contribution in [0.15, 0.2) is 54.6 Å². The van der Waals surface area contributed by atoms with Gasteiger partial charge in [-0.15, -0.1) is 0 Å². The van der Waals surface area contributed by atoms with Crippen molar-refractivity contribution in [2.75, 3.05) is 0 Å². The van der Waals surface area contributed by atoms with E-state index in [1.165, 1.54) is 5.56 Å². The quantitative estimate of drug-likeness (QED) is 0.511. The van der Waals surface area contributed by atoms with Crippen molar-refractivity contribution in [1.29, 1.82) is 0 Å². The predicted molar refractivity (Wildman–Crippen MR) is 81.4 cm³/mol. The van der Waals surface area contributed by atoms with E-state index in [9.17, 15) is 0 Å². The van der Waals surface area contributed by atoms with E-state index in [1.807, 2.05) is 36.4 Å². The normalized spacial score (nSPS) is 10.8. The summed E-state index contributed by atoms with van der Waals surface area (Å²) in [6, 6.07) is 17.9. The molecular weight excluding hydrogens is 252 g/mol. The van der Waals surface area contributed by atoms with Gasteiger partial charge in [0.25, 0.3) is 0 Å². The van der Waals surface area contributed by atoms with Crippen molar-refractivity contribution in [2.45, 2.75) is 6.42 Å². The maximum absolute atomic E-state index is 6.25. The first-order valence-corrected chi connectivity index (χ1v) is 6.49. The molecule has 0 atom stereocenters. The molecule has 2 radical (unpaired) electrons. The van der Waals surface area contributed by atoms with Crippen molar-refractivity contribution >= 4 is 35.8 Å². The number of aromatic nitrogens is 1. The molecule has 0 amide bonds. The highest BCUT2D eigenvalue weighted by molar-refractivity contribution is 6.33. The molecule has 19 heavy (non-hydrogen) atoms. The number of benzene rings is 2. The Hall–Kier alpha value is -1.80. The summed E-state index contributed by atoms with van der Waals surface area (Å²) in [4.78, 5) is 4.42. The summed E-state index contributed by atoms with van der Waals surface area (Å²) in [5, 5.41) is 1.58. The van der Waals surface area contributed by atoms with Gasteiger partial charge in [-0.1, -0.05) is 59.5 Å². The van der Waals surface area contributed by atoms with Crippen LogP contribution in [0.1, 0.15) is 11.1 Å². The number of hydrogen-bond donors (Lipinski definition) is 0. The van der Waals surface area contributed by atoms with Crippen molar-refractivity contribution < 1.29 is 0 Å². The van der Waals surface area contributed by atoms with Crippen LogP contribution in [0.2, 0.25) is 5.15 Å². The second kappa shape index (κ2) is 5.06. The number of nitrogens with zero attached hydrogens (tertiary/aromatic N) is 1. The van der Waals surface area contributed by atoms with Gasteiger partial charge in [0.15, 0.2) is 0 Å². The fraction of sp³-hybridized carbons (Fsp3) is 0.0625. The molecule has 0 unspecified atom stereocenters. The number of pyridine rings is 1. The third-order valence-electron chi connectivity index (χ3n) is 3.10. The first-order valence-electron chi connectivity index (χ1n) is 6.11. The summed E-state index contributed by atoms with van der Waals surface area (Å²) in [6.45, 7) is 0. The first-order chi connectivity index (χ1) is 9.22. The zero-order valence-electron chi connectivity index (χ0n) is 10.3. The second-order valence-electron chi connectivity index (χ2n) is 4.55. The molecule has 0 aliphatic rings. The fourth-order valence-corrected chi connectivity index (χ4v) is 2.37. The molecule has 90 valence electrons. The van der Waals surface area contributed by atoms with E-state index < -0.39 is 0 Å². The number of halogens is 1. The molecule has 3 heteroatoms. The molecule has 0 spiro atoms. The van der Waals surface area contributed by atoms with Gasteiger partial charge in [0.05, 0.1) is 5.52 Å². The molecule has 3 rings (SSSR count).